The summed E-state index contributed by atoms with van der Waals surface area (Å²) in [4.78, 5) is 0. The second kappa shape index (κ2) is 5.92. The van der Waals surface area contributed by atoms with Gasteiger partial charge in [-0.15, -0.1) is 0 Å². The summed E-state index contributed by atoms with van der Waals surface area (Å²) in [6, 6.07) is 1.82. The molecule has 1 N–H and O–H groups in total. The van der Waals surface area contributed by atoms with E-state index in [1.165, 1.54) is 0 Å². The van der Waals surface area contributed by atoms with Crippen molar-refractivity contribution in [3.63, 3.8) is 0 Å². The second-order valence-electron chi connectivity index (χ2n) is 1.91. The molecule has 64 valence electrons. The molecule has 1 heterocycles. The summed E-state index contributed by atoms with van der Waals surface area (Å²) in [6.45, 7) is 5.97. The molecule has 0 fully saturated rings. The lowest BCUT2D eigenvalue weighted by Gasteiger charge is -1.83. The van der Waals surface area contributed by atoms with E-state index in [2.05, 4.69) is 5.16 Å². The van der Waals surface area contributed by atoms with Gasteiger partial charge in [0.05, 0.1) is 12.3 Å². The first-order chi connectivity index (χ1) is 5.33. The first-order valence-corrected chi connectivity index (χ1v) is 3.86. The fourth-order valence-electron chi connectivity index (χ4n) is 0.644. The van der Waals surface area contributed by atoms with Gasteiger partial charge >= 0.3 is 0 Å². The molecule has 0 aliphatic carbocycles. The van der Waals surface area contributed by atoms with Crippen molar-refractivity contribution in [2.24, 2.45) is 0 Å². The third kappa shape index (κ3) is 3.78. The Bertz CT molecular complexity index is 184. The SMILES string of the molecule is CC.Cc1cc(CCO)on1. The van der Waals surface area contributed by atoms with Gasteiger partial charge in [0.1, 0.15) is 5.76 Å². The van der Waals surface area contributed by atoms with Crippen LogP contribution in [0.25, 0.3) is 0 Å². The van der Waals surface area contributed by atoms with Gasteiger partial charge in [-0.05, 0) is 6.92 Å². The molecular formula is C8H15NO2. The number of rotatable bonds is 2. The first-order valence-electron chi connectivity index (χ1n) is 3.86. The third-order valence-electron chi connectivity index (χ3n) is 1.03. The van der Waals surface area contributed by atoms with Crippen molar-refractivity contribution in [1.82, 2.24) is 5.16 Å². The number of hydrogen-bond acceptors (Lipinski definition) is 3. The molecule has 0 aliphatic rings. The molecule has 0 spiro atoms. The minimum atomic E-state index is 0.120. The van der Waals surface area contributed by atoms with Gasteiger partial charge in [-0.25, -0.2) is 0 Å². The molecule has 0 atom stereocenters. The summed E-state index contributed by atoms with van der Waals surface area (Å²) in [5.74, 6) is 0.745. The number of aromatic nitrogens is 1. The quantitative estimate of drug-likeness (QED) is 0.708. The molecule has 0 saturated carbocycles. The Hall–Kier alpha value is -0.830. The molecule has 0 saturated heterocycles. The van der Waals surface area contributed by atoms with Crippen LogP contribution in [0.5, 0.6) is 0 Å². The van der Waals surface area contributed by atoms with E-state index in [1.54, 1.807) is 0 Å². The molecule has 0 amide bonds. The van der Waals surface area contributed by atoms with Crippen molar-refractivity contribution in [1.29, 1.82) is 0 Å². The van der Waals surface area contributed by atoms with Crippen LogP contribution in [0.2, 0.25) is 0 Å². The molecule has 0 unspecified atom stereocenters. The maximum absolute atomic E-state index is 8.44. The Labute approximate surface area is 67.0 Å². The van der Waals surface area contributed by atoms with Gasteiger partial charge in [-0.3, -0.25) is 0 Å². The van der Waals surface area contributed by atoms with E-state index in [9.17, 15) is 0 Å². The second-order valence-corrected chi connectivity index (χ2v) is 1.91. The Morgan fingerprint density at radius 3 is 2.55 bits per heavy atom. The lowest BCUT2D eigenvalue weighted by Crippen LogP contribution is -1.86. The van der Waals surface area contributed by atoms with Crippen molar-refractivity contribution >= 4 is 0 Å². The standard InChI is InChI=1S/C6H9NO2.C2H6/c1-5-4-6(2-3-8)9-7-5;1-2/h4,8H,2-3H2,1H3;1-2H3. The fraction of sp³-hybridized carbons (Fsp3) is 0.625. The largest absolute Gasteiger partial charge is 0.396 e. The summed E-state index contributed by atoms with van der Waals surface area (Å²) < 4.78 is 4.79. The Morgan fingerprint density at radius 2 is 2.18 bits per heavy atom. The van der Waals surface area contributed by atoms with Crippen LogP contribution in [0.4, 0.5) is 0 Å². The lowest BCUT2D eigenvalue weighted by molar-refractivity contribution is 0.277. The van der Waals surface area contributed by atoms with Crippen LogP contribution >= 0.6 is 0 Å². The van der Waals surface area contributed by atoms with E-state index in [-0.39, 0.29) is 6.61 Å². The molecule has 3 nitrogen and oxygen atoms in total. The minimum Gasteiger partial charge on any atom is -0.396 e. The number of aliphatic hydroxyl groups excluding tert-OH is 1. The molecule has 0 aromatic carbocycles. The predicted octanol–water partition coefficient (Wildman–Crippen LogP) is 1.54. The molecule has 0 radical (unpaired) electrons. The van der Waals surface area contributed by atoms with E-state index < -0.39 is 0 Å². The Balaban J connectivity index is 0.000000461. The Kier molecular flexibility index (Phi) is 5.47. The summed E-state index contributed by atoms with van der Waals surface area (Å²) in [5.41, 5.74) is 0.860. The van der Waals surface area contributed by atoms with Gasteiger partial charge in [0.15, 0.2) is 0 Å². The highest BCUT2D eigenvalue weighted by Gasteiger charge is 1.96. The van der Waals surface area contributed by atoms with E-state index in [0.717, 1.165) is 11.5 Å². The molecule has 1 aromatic rings. The summed E-state index contributed by atoms with van der Waals surface area (Å²) in [7, 11) is 0. The number of aliphatic hydroxyl groups is 1. The van der Waals surface area contributed by atoms with E-state index in [4.69, 9.17) is 9.63 Å². The average molecular weight is 157 g/mol. The van der Waals surface area contributed by atoms with Crippen LogP contribution in [0.3, 0.4) is 0 Å². The summed E-state index contributed by atoms with van der Waals surface area (Å²) >= 11 is 0. The Morgan fingerprint density at radius 1 is 1.55 bits per heavy atom. The molecule has 0 bridgehead atoms. The number of hydrogen-bond donors (Lipinski definition) is 1. The smallest absolute Gasteiger partial charge is 0.139 e. The zero-order valence-electron chi connectivity index (χ0n) is 7.29. The van der Waals surface area contributed by atoms with Crippen LogP contribution in [0, 0.1) is 6.92 Å². The fourth-order valence-corrected chi connectivity index (χ4v) is 0.644. The van der Waals surface area contributed by atoms with Gasteiger partial charge in [-0.2, -0.15) is 0 Å². The maximum atomic E-state index is 8.44. The van der Waals surface area contributed by atoms with Gasteiger partial charge in [0.25, 0.3) is 0 Å². The number of nitrogens with zero attached hydrogens (tertiary/aromatic N) is 1. The maximum Gasteiger partial charge on any atom is 0.139 e. The molecule has 3 heteroatoms. The van der Waals surface area contributed by atoms with E-state index >= 15 is 0 Å². The molecule has 1 aromatic heterocycles. The number of aryl methyl sites for hydroxylation is 1. The van der Waals surface area contributed by atoms with Gasteiger partial charge in [0, 0.05) is 12.5 Å². The molecule has 1 rings (SSSR count). The first kappa shape index (κ1) is 10.2. The van der Waals surface area contributed by atoms with Crippen molar-refractivity contribution < 1.29 is 9.63 Å². The van der Waals surface area contributed by atoms with Gasteiger partial charge < -0.3 is 9.63 Å². The van der Waals surface area contributed by atoms with Gasteiger partial charge in [0.2, 0.25) is 0 Å². The highest BCUT2D eigenvalue weighted by Crippen LogP contribution is 2.01. The topological polar surface area (TPSA) is 46.3 Å². The van der Waals surface area contributed by atoms with Crippen LogP contribution < -0.4 is 0 Å². The summed E-state index contributed by atoms with van der Waals surface area (Å²) in [6.07, 6.45) is 0.556. The zero-order valence-corrected chi connectivity index (χ0v) is 7.29. The van der Waals surface area contributed by atoms with Crippen molar-refractivity contribution in [2.45, 2.75) is 27.2 Å². The predicted molar refractivity (Wildman–Crippen MR) is 43.4 cm³/mol. The highest BCUT2D eigenvalue weighted by molar-refractivity contribution is 5.02. The lowest BCUT2D eigenvalue weighted by atomic mass is 10.3. The van der Waals surface area contributed by atoms with Crippen molar-refractivity contribution in [3.05, 3.63) is 17.5 Å². The van der Waals surface area contributed by atoms with Crippen LogP contribution in [0.15, 0.2) is 10.6 Å². The normalized spacial score (nSPS) is 8.73. The van der Waals surface area contributed by atoms with E-state index in [1.807, 2.05) is 26.8 Å². The third-order valence-corrected chi connectivity index (χ3v) is 1.03. The van der Waals surface area contributed by atoms with Gasteiger partial charge in [-0.1, -0.05) is 19.0 Å². The molecular weight excluding hydrogens is 142 g/mol. The van der Waals surface area contributed by atoms with Crippen molar-refractivity contribution in [2.75, 3.05) is 6.61 Å². The zero-order chi connectivity index (χ0) is 8.69. The molecule has 11 heavy (non-hydrogen) atoms. The van der Waals surface area contributed by atoms with Crippen LogP contribution in [-0.4, -0.2) is 16.9 Å². The van der Waals surface area contributed by atoms with Crippen LogP contribution in [-0.2, 0) is 6.42 Å². The van der Waals surface area contributed by atoms with E-state index in [0.29, 0.717) is 6.42 Å². The monoisotopic (exact) mass is 157 g/mol. The summed E-state index contributed by atoms with van der Waals surface area (Å²) in [5, 5.41) is 12.1. The molecule has 0 aliphatic heterocycles. The van der Waals surface area contributed by atoms with Crippen LogP contribution in [0.1, 0.15) is 25.3 Å². The highest BCUT2D eigenvalue weighted by atomic mass is 16.5. The average Bonchev–Trinajstić information content (AvgIpc) is 2.41. The van der Waals surface area contributed by atoms with Crippen molar-refractivity contribution in [3.8, 4) is 0 Å². The minimum absolute atomic E-state index is 0.120.